The number of azide groups is 2. The fraction of sp³-hybridized carbons (Fsp3) is 0.762. The summed E-state index contributed by atoms with van der Waals surface area (Å²) in [7, 11) is 0. The fourth-order valence-electron chi connectivity index (χ4n) is 15.8. The van der Waals surface area contributed by atoms with Crippen molar-refractivity contribution in [2.45, 2.75) is 346 Å². The lowest BCUT2D eigenvalue weighted by Gasteiger charge is -2.52. The number of hydrogen-bond donors (Lipinski definition) is 0. The lowest BCUT2D eigenvalue weighted by atomic mass is 9.94. The van der Waals surface area contributed by atoms with E-state index in [1.54, 1.807) is 0 Å². The zero-order valence-electron chi connectivity index (χ0n) is 77.6. The minimum Gasteiger partial charge on any atom is -0.463 e. The Labute approximate surface area is 782 Å². The third-order valence-corrected chi connectivity index (χ3v) is 20.3. The number of nitrogens with zero attached hydrogens (tertiary/aromatic N) is 6. The molecular formula is C80H106N6O52. The average Bonchev–Trinajstić information content (AvgIpc) is 0.773. The summed E-state index contributed by atoms with van der Waals surface area (Å²) in [5.41, 5.74) is 20.2. The highest BCUT2D eigenvalue weighted by Gasteiger charge is 2.66. The zero-order valence-corrected chi connectivity index (χ0v) is 77.6. The lowest BCUT2D eigenvalue weighted by Crippen LogP contribution is -2.70. The van der Waals surface area contributed by atoms with Crippen LogP contribution in [-0.2, 0) is 247 Å². The van der Waals surface area contributed by atoms with Crippen molar-refractivity contribution in [2.75, 3.05) is 46.1 Å². The molecule has 21 fully saturated rings. The molecule has 21 aliphatic heterocycles. The molecule has 0 saturated carbocycles. The van der Waals surface area contributed by atoms with Crippen LogP contribution in [0.4, 0.5) is 0 Å². The second kappa shape index (κ2) is 51.1. The van der Waals surface area contributed by atoms with Crippen LogP contribution in [0.15, 0.2) is 10.2 Å². The molecule has 0 radical (unpaired) electrons. The van der Waals surface area contributed by atoms with Crippen molar-refractivity contribution in [3.8, 4) is 0 Å². The van der Waals surface area contributed by atoms with Crippen LogP contribution >= 0.6 is 0 Å². The van der Waals surface area contributed by atoms with Crippen LogP contribution < -0.4 is 0 Å². The summed E-state index contributed by atoms with van der Waals surface area (Å²) in [6.45, 7) is 7.88. The molecule has 0 aromatic heterocycles. The van der Waals surface area contributed by atoms with Crippen molar-refractivity contribution in [3.05, 3.63) is 20.9 Å². The van der Waals surface area contributed by atoms with Crippen molar-refractivity contribution < 1.29 is 247 Å². The van der Waals surface area contributed by atoms with Crippen LogP contribution in [0.2, 0.25) is 0 Å². The number of carbonyl (C=O) groups is 19. The maximum atomic E-state index is 13.9. The van der Waals surface area contributed by atoms with Gasteiger partial charge in [0.2, 0.25) is 0 Å². The standard InChI is InChI=1S/C80H106N6O52/c1-27(87)106-22-48-55-62(113-34(8)94)71(122-43(17)103)78(129-48)136-57-50(24-108-29(3)89)127-76(69(120-41(15)101)64(57)115-36(10)96)132-53-46(20-83-85-81)126-75(68(119-40(14)100)60(53)111-32(6)92)135-56-49(23-107-28(2)88)130-79(72(123-44(18)104)63(56)114-35(9)95)138-59-52(26-110-31(5)91)131-80(73(124-45(19)105)66(59)117-38(12)98)137-58-51(25-109-30(4)90)128-77(70(121-42(16)102)65(58)116-37(11)97)133-54-47(21-84-86-82)125-74(134-55)67(118-39(13)99)61(54)112-33(7)93/h46-80H,20-26H2,1-19H3/t46?,47?,48?,49?,50?,51?,52?,53-,54-,55-,56-,57-,58-,59-,60+,61+,62-,63+,64-,65+,66+,67?,68?,69?,70?,71?,72?,73?,74-,75+,76+,77-,78+,79-,80-/m1/s1. The Hall–Kier alpha value is -12.0. The SMILES string of the molecule is CC(=O)OCC1O[C@@H]2O[C@@H]3C(COC(C)=O)O[C@H](O[C@@H]4C(CN=[N+]=[N-])O[C@H](O[C@@H]5C(COC(C)=O)O[C@@H](O[C@@H]6C(COC(C)=O)O[C@@H](O[C@@H]7C(CN=[N+]=[N-])O[C@@H](O[C@@H]8C(COC(C)=O)O[C@H](O[C@H]1[C@H](OC(C)=O)C2OC(C)=O)C(OC(C)=O)[C@H]8OC(C)=O)C(OC(C)=O)[C@H]7OC(C)=O)C(OC(C)=O)[C@@H]6OC(C)=O)C(OC(C)=O)[C@@H]5OC(C)=O)C(OC(C)=O)[C@H]4OC(C)=O)C(OC(C)=O)[C@H]3OC(C)=O. The van der Waals surface area contributed by atoms with Crippen molar-refractivity contribution in [1.82, 2.24) is 0 Å². The molecule has 0 N–H and O–H groups in total. The van der Waals surface area contributed by atoms with Gasteiger partial charge in [-0.3, -0.25) is 91.1 Å². The van der Waals surface area contributed by atoms with E-state index < -0.39 is 374 Å². The van der Waals surface area contributed by atoms with Crippen molar-refractivity contribution in [1.29, 1.82) is 0 Å². The number of ether oxygens (including phenoxy) is 33. The Morgan fingerprint density at radius 2 is 0.297 bits per heavy atom. The van der Waals surface area contributed by atoms with Crippen molar-refractivity contribution in [3.63, 3.8) is 0 Å². The van der Waals surface area contributed by atoms with Gasteiger partial charge in [-0.2, -0.15) is 0 Å². The van der Waals surface area contributed by atoms with Crippen LogP contribution in [-0.4, -0.2) is 374 Å². The topological polar surface area (TPSA) is 726 Å². The number of hydrogen-bond acceptors (Lipinski definition) is 54. The van der Waals surface area contributed by atoms with Gasteiger partial charge in [-0.15, -0.1) is 0 Å². The van der Waals surface area contributed by atoms with Gasteiger partial charge in [0, 0.05) is 141 Å². The minimum absolute atomic E-state index is 0.792. The average molecular weight is 1980 g/mol. The van der Waals surface area contributed by atoms with E-state index in [-0.39, 0.29) is 0 Å². The van der Waals surface area contributed by atoms with Gasteiger partial charge in [-0.05, 0) is 11.1 Å². The summed E-state index contributed by atoms with van der Waals surface area (Å²) in [4.78, 5) is 266. The molecule has 0 amide bonds. The third kappa shape index (κ3) is 31.2. The van der Waals surface area contributed by atoms with Crippen LogP contribution in [0.25, 0.3) is 20.9 Å². The van der Waals surface area contributed by atoms with E-state index in [0.29, 0.717) is 0 Å². The smallest absolute Gasteiger partial charge is 0.303 e. The van der Waals surface area contributed by atoms with Gasteiger partial charge in [-0.25, -0.2) is 0 Å². The first-order valence-electron chi connectivity index (χ1n) is 42.2. The normalized spacial score (nSPS) is 34.9. The molecule has 21 aliphatic rings. The van der Waals surface area contributed by atoms with Gasteiger partial charge in [0.05, 0.1) is 25.3 Å². The first kappa shape index (κ1) is 111. The molecule has 21 heterocycles. The second-order valence-electron chi connectivity index (χ2n) is 31.4. The number of carbonyl (C=O) groups excluding carboxylic acids is 19. The molecule has 35 atom stereocenters. The van der Waals surface area contributed by atoms with Crippen LogP contribution in [0.3, 0.4) is 0 Å². The predicted octanol–water partition coefficient (Wildman–Crippen LogP) is -1.75. The zero-order chi connectivity index (χ0) is 102. The van der Waals surface area contributed by atoms with E-state index in [2.05, 4.69) is 20.1 Å². The molecule has 21 rings (SSSR count). The molecule has 14 unspecified atom stereocenters. The summed E-state index contributed by atoms with van der Waals surface area (Å²) in [5.74, 6) is -23.9. The summed E-state index contributed by atoms with van der Waals surface area (Å²) >= 11 is 0. The van der Waals surface area contributed by atoms with Gasteiger partial charge < -0.3 is 156 Å². The number of esters is 19. The second-order valence-corrected chi connectivity index (χ2v) is 31.4. The van der Waals surface area contributed by atoms with Gasteiger partial charge >= 0.3 is 113 Å². The molecule has 0 aliphatic carbocycles. The van der Waals surface area contributed by atoms with E-state index in [1.807, 2.05) is 0 Å². The Balaban J connectivity index is 1.51. The quantitative estimate of drug-likeness (QED) is 0.0276. The van der Waals surface area contributed by atoms with Crippen LogP contribution in [0, 0.1) is 0 Å². The molecule has 0 aromatic carbocycles. The van der Waals surface area contributed by atoms with Crippen LogP contribution in [0.5, 0.6) is 0 Å². The first-order valence-corrected chi connectivity index (χ1v) is 42.2. The number of rotatable bonds is 28. The van der Waals surface area contributed by atoms with Gasteiger partial charge in [-0.1, -0.05) is 10.2 Å². The molecule has 768 valence electrons. The Morgan fingerprint density at radius 1 is 0.181 bits per heavy atom. The summed E-state index contributed by atoms with van der Waals surface area (Å²) < 4.78 is 203. The highest BCUT2D eigenvalue weighted by atomic mass is 16.8. The molecule has 138 heavy (non-hydrogen) atoms. The summed E-state index contributed by atoms with van der Waals surface area (Å²) in [6.07, 6.45) is -80.9. The molecule has 0 aromatic rings. The lowest BCUT2D eigenvalue weighted by molar-refractivity contribution is -0.395. The molecule has 0 spiro atoms. The molecular weight excluding hydrogens is 1880 g/mol. The third-order valence-electron chi connectivity index (χ3n) is 20.3. The Kier molecular flexibility index (Phi) is 41.2. The summed E-state index contributed by atoms with van der Waals surface area (Å²) in [5, 5.41) is 7.31. The monoisotopic (exact) mass is 1980 g/mol. The van der Waals surface area contributed by atoms with Crippen molar-refractivity contribution in [2.24, 2.45) is 10.2 Å². The van der Waals surface area contributed by atoms with Gasteiger partial charge in [0.15, 0.2) is 129 Å². The molecule has 58 heteroatoms. The van der Waals surface area contributed by atoms with Crippen LogP contribution in [0.1, 0.15) is 132 Å². The maximum Gasteiger partial charge on any atom is 0.303 e. The first-order chi connectivity index (χ1) is 64.9. The Bertz CT molecular complexity index is 4380. The fourth-order valence-corrected chi connectivity index (χ4v) is 15.8. The van der Waals surface area contributed by atoms with Crippen molar-refractivity contribution >= 4 is 113 Å². The molecule has 14 bridgehead atoms. The summed E-state index contributed by atoms with van der Waals surface area (Å²) in [6, 6.07) is 0. The minimum atomic E-state index is -2.46. The van der Waals surface area contributed by atoms with E-state index in [1.165, 1.54) is 0 Å². The largest absolute Gasteiger partial charge is 0.463 e. The highest BCUT2D eigenvalue weighted by Crippen LogP contribution is 2.45. The highest BCUT2D eigenvalue weighted by molar-refractivity contribution is 5.73. The van der Waals surface area contributed by atoms with Gasteiger partial charge in [0.25, 0.3) is 0 Å². The van der Waals surface area contributed by atoms with E-state index in [9.17, 15) is 102 Å². The Morgan fingerprint density at radius 3 is 0.413 bits per heavy atom. The molecule has 58 nitrogen and oxygen atoms in total. The maximum absolute atomic E-state index is 13.9. The predicted molar refractivity (Wildman–Crippen MR) is 424 cm³/mol. The van der Waals surface area contributed by atoms with E-state index in [4.69, 9.17) is 156 Å². The van der Waals surface area contributed by atoms with Gasteiger partial charge in [0.1, 0.15) is 106 Å². The molecule has 21 saturated heterocycles. The van der Waals surface area contributed by atoms with E-state index in [0.717, 1.165) is 132 Å². The van der Waals surface area contributed by atoms with E-state index >= 15 is 0 Å².